The van der Waals surface area contributed by atoms with Gasteiger partial charge in [-0.05, 0) is 26.0 Å². The number of methoxy groups -OCH3 is 1. The van der Waals surface area contributed by atoms with Crippen LogP contribution in [0.4, 0.5) is 0 Å². The van der Waals surface area contributed by atoms with Crippen molar-refractivity contribution in [3.8, 4) is 0 Å². The van der Waals surface area contributed by atoms with E-state index in [1.54, 1.807) is 0 Å². The predicted molar refractivity (Wildman–Crippen MR) is 86.0 cm³/mol. The Balaban J connectivity index is 2.49. The first kappa shape index (κ1) is 15.4. The number of aromatic nitrogens is 2. The number of rotatable bonds is 5. The van der Waals surface area contributed by atoms with Crippen molar-refractivity contribution in [2.75, 3.05) is 7.11 Å². The van der Waals surface area contributed by atoms with Gasteiger partial charge in [0, 0.05) is 6.54 Å². The largest absolute Gasteiger partial charge is 0.469 e. The van der Waals surface area contributed by atoms with E-state index in [0.29, 0.717) is 18.0 Å². The third kappa shape index (κ3) is 3.21. The molecule has 0 fully saturated rings. The Labute approximate surface area is 129 Å². The Bertz CT molecular complexity index is 691. The second-order valence-electron chi connectivity index (χ2n) is 5.62. The Morgan fingerprint density at radius 2 is 2.10 bits per heavy atom. The van der Waals surface area contributed by atoms with Crippen LogP contribution in [0.25, 0.3) is 11.0 Å². The van der Waals surface area contributed by atoms with Crippen LogP contribution in [0.15, 0.2) is 24.3 Å². The number of fused-ring (bicyclic) bond motifs is 1. The summed E-state index contributed by atoms with van der Waals surface area (Å²) in [6.07, 6.45) is 0.404. The molecular weight excluding hydrogens is 286 g/mol. The minimum absolute atomic E-state index is 0.262. The number of hydrogen-bond acceptors (Lipinski definition) is 4. The number of para-hydroxylation sites is 2. The van der Waals surface area contributed by atoms with E-state index in [1.807, 2.05) is 42.7 Å². The molecule has 1 aromatic carbocycles. The molecule has 21 heavy (non-hydrogen) atoms. The first-order valence-electron chi connectivity index (χ1n) is 6.66. The maximum absolute atomic E-state index is 11.9. The summed E-state index contributed by atoms with van der Waals surface area (Å²) in [6, 6.07) is 7.77. The molecule has 0 bridgehead atoms. The second-order valence-corrected chi connectivity index (χ2v) is 6.15. The smallest absolute Gasteiger partial charge is 0.313 e. The zero-order valence-electron chi connectivity index (χ0n) is 12.4. The van der Waals surface area contributed by atoms with Crippen LogP contribution < -0.4 is 5.73 Å². The molecule has 1 aromatic heterocycles. The highest BCUT2D eigenvalue weighted by atomic mass is 32.1. The van der Waals surface area contributed by atoms with E-state index < -0.39 is 5.41 Å². The van der Waals surface area contributed by atoms with Crippen LogP contribution in [-0.2, 0) is 22.5 Å². The fraction of sp³-hybridized carbons (Fsp3) is 0.400. The predicted octanol–water partition coefficient (Wildman–Crippen LogP) is 2.06. The highest BCUT2D eigenvalue weighted by Crippen LogP contribution is 2.25. The number of hydrogen-bond donors (Lipinski definition) is 1. The maximum Gasteiger partial charge on any atom is 0.313 e. The van der Waals surface area contributed by atoms with E-state index in [2.05, 4.69) is 4.98 Å². The fourth-order valence-corrected chi connectivity index (χ4v) is 2.46. The Morgan fingerprint density at radius 1 is 1.43 bits per heavy atom. The topological polar surface area (TPSA) is 70.1 Å². The molecule has 112 valence electrons. The zero-order chi connectivity index (χ0) is 15.6. The first-order valence-corrected chi connectivity index (χ1v) is 7.07. The first-order chi connectivity index (χ1) is 9.85. The lowest BCUT2D eigenvalue weighted by Gasteiger charge is -2.23. The molecule has 0 aliphatic carbocycles. The molecule has 1 heterocycles. The molecule has 0 atom stereocenters. The third-order valence-electron chi connectivity index (χ3n) is 3.36. The Kier molecular flexibility index (Phi) is 4.27. The van der Waals surface area contributed by atoms with Gasteiger partial charge in [0.2, 0.25) is 0 Å². The standard InChI is InChI=1S/C15H19N3O2S/c1-15(2,14(19)20-3)9-18-11-7-5-4-6-10(11)17-13(18)8-12(16)21/h4-7H,8-9H2,1-3H3,(H2,16,21). The number of benzene rings is 1. The number of esters is 1. The SMILES string of the molecule is COC(=O)C(C)(C)Cn1c(CC(N)=S)nc2ccccc21. The summed E-state index contributed by atoms with van der Waals surface area (Å²) in [5.41, 5.74) is 6.81. The molecule has 6 heteroatoms. The van der Waals surface area contributed by atoms with Gasteiger partial charge in [0.25, 0.3) is 0 Å². The lowest BCUT2D eigenvalue weighted by atomic mass is 9.93. The van der Waals surface area contributed by atoms with Crippen LogP contribution in [-0.4, -0.2) is 27.6 Å². The fourth-order valence-electron chi connectivity index (χ4n) is 2.33. The summed E-state index contributed by atoms with van der Waals surface area (Å²) in [4.78, 5) is 16.9. The van der Waals surface area contributed by atoms with Gasteiger partial charge in [-0.1, -0.05) is 24.4 Å². The zero-order valence-corrected chi connectivity index (χ0v) is 13.2. The normalized spacial score (nSPS) is 11.6. The average Bonchev–Trinajstić information content (AvgIpc) is 2.74. The van der Waals surface area contributed by atoms with Gasteiger partial charge in [0.05, 0.1) is 35.0 Å². The molecule has 0 unspecified atom stereocenters. The summed E-state index contributed by atoms with van der Waals surface area (Å²) in [5, 5.41) is 0. The van der Waals surface area contributed by atoms with Gasteiger partial charge in [0.15, 0.2) is 0 Å². The van der Waals surface area contributed by atoms with E-state index in [-0.39, 0.29) is 5.97 Å². The molecule has 0 aliphatic rings. The molecule has 2 rings (SSSR count). The van der Waals surface area contributed by atoms with Crippen LogP contribution in [0.2, 0.25) is 0 Å². The summed E-state index contributed by atoms with van der Waals surface area (Å²) in [7, 11) is 1.39. The molecule has 5 nitrogen and oxygen atoms in total. The number of imidazole rings is 1. The number of carbonyl (C=O) groups is 1. The van der Waals surface area contributed by atoms with Crippen molar-refractivity contribution in [1.82, 2.24) is 9.55 Å². The molecule has 2 aromatic rings. The van der Waals surface area contributed by atoms with Crippen molar-refractivity contribution >= 4 is 34.2 Å². The van der Waals surface area contributed by atoms with Crippen LogP contribution in [0.1, 0.15) is 19.7 Å². The van der Waals surface area contributed by atoms with E-state index in [0.717, 1.165) is 16.9 Å². The molecule has 0 spiro atoms. The quantitative estimate of drug-likeness (QED) is 0.676. The molecular formula is C15H19N3O2S. The summed E-state index contributed by atoms with van der Waals surface area (Å²) >= 11 is 4.99. The molecule has 0 amide bonds. The van der Waals surface area contributed by atoms with Gasteiger partial charge >= 0.3 is 5.97 Å². The highest BCUT2D eigenvalue weighted by Gasteiger charge is 2.30. The molecule has 0 saturated heterocycles. The second kappa shape index (κ2) is 5.81. The molecule has 0 saturated carbocycles. The van der Waals surface area contributed by atoms with Crippen molar-refractivity contribution in [2.45, 2.75) is 26.8 Å². The van der Waals surface area contributed by atoms with E-state index >= 15 is 0 Å². The lowest BCUT2D eigenvalue weighted by Crippen LogP contribution is -2.31. The molecule has 0 aliphatic heterocycles. The lowest BCUT2D eigenvalue weighted by molar-refractivity contribution is -0.151. The van der Waals surface area contributed by atoms with E-state index in [9.17, 15) is 4.79 Å². The summed E-state index contributed by atoms with van der Waals surface area (Å²) < 4.78 is 6.87. The van der Waals surface area contributed by atoms with Crippen LogP contribution in [0, 0.1) is 5.41 Å². The molecule has 0 radical (unpaired) electrons. The monoisotopic (exact) mass is 305 g/mol. The van der Waals surface area contributed by atoms with Crippen molar-refractivity contribution < 1.29 is 9.53 Å². The Hall–Kier alpha value is -1.95. The van der Waals surface area contributed by atoms with Gasteiger partial charge in [-0.3, -0.25) is 4.79 Å². The van der Waals surface area contributed by atoms with Gasteiger partial charge in [-0.25, -0.2) is 4.98 Å². The van der Waals surface area contributed by atoms with Crippen molar-refractivity contribution in [3.63, 3.8) is 0 Å². The van der Waals surface area contributed by atoms with Crippen molar-refractivity contribution in [3.05, 3.63) is 30.1 Å². The summed E-state index contributed by atoms with van der Waals surface area (Å²) in [5.74, 6) is 0.502. The van der Waals surface area contributed by atoms with Gasteiger partial charge in [0.1, 0.15) is 5.82 Å². The van der Waals surface area contributed by atoms with Crippen molar-refractivity contribution in [2.24, 2.45) is 11.1 Å². The van der Waals surface area contributed by atoms with E-state index in [4.69, 9.17) is 22.7 Å². The van der Waals surface area contributed by atoms with Crippen LogP contribution in [0.3, 0.4) is 0 Å². The Morgan fingerprint density at radius 3 is 2.71 bits per heavy atom. The molecule has 2 N–H and O–H groups in total. The number of thiocarbonyl (C=S) groups is 1. The maximum atomic E-state index is 11.9. The van der Waals surface area contributed by atoms with Crippen LogP contribution >= 0.6 is 12.2 Å². The minimum Gasteiger partial charge on any atom is -0.469 e. The average molecular weight is 305 g/mol. The minimum atomic E-state index is -0.664. The van der Waals surface area contributed by atoms with Gasteiger partial charge in [-0.2, -0.15) is 0 Å². The van der Waals surface area contributed by atoms with Gasteiger partial charge < -0.3 is 15.0 Å². The highest BCUT2D eigenvalue weighted by molar-refractivity contribution is 7.80. The number of carbonyl (C=O) groups excluding carboxylic acids is 1. The number of nitrogens with zero attached hydrogens (tertiary/aromatic N) is 2. The summed E-state index contributed by atoms with van der Waals surface area (Å²) in [6.45, 7) is 4.15. The van der Waals surface area contributed by atoms with Crippen LogP contribution in [0.5, 0.6) is 0 Å². The van der Waals surface area contributed by atoms with E-state index in [1.165, 1.54) is 7.11 Å². The van der Waals surface area contributed by atoms with Crippen molar-refractivity contribution in [1.29, 1.82) is 0 Å². The number of ether oxygens (including phenoxy) is 1. The third-order valence-corrected chi connectivity index (χ3v) is 3.50. The van der Waals surface area contributed by atoms with Gasteiger partial charge in [-0.15, -0.1) is 0 Å². The number of nitrogens with two attached hydrogens (primary N) is 1.